The van der Waals surface area contributed by atoms with Gasteiger partial charge in [0.1, 0.15) is 0 Å². The molecule has 6 saturated carbocycles. The Morgan fingerprint density at radius 3 is 1.83 bits per heavy atom. The Kier molecular flexibility index (Phi) is 3.09. The maximum absolute atomic E-state index is 12.8. The minimum Gasteiger partial charge on any atom is -0.273 e. The van der Waals surface area contributed by atoms with Crippen LogP contribution in [0.4, 0.5) is 0 Å². The molecule has 0 aromatic carbocycles. The Balaban J connectivity index is 1.20. The van der Waals surface area contributed by atoms with Gasteiger partial charge in [0.2, 0.25) is 11.8 Å². The summed E-state index contributed by atoms with van der Waals surface area (Å²) in [5.74, 6) is 3.82. The molecule has 0 saturated heterocycles. The van der Waals surface area contributed by atoms with Gasteiger partial charge in [0.25, 0.3) is 0 Å². The number of hydrazine groups is 1. The van der Waals surface area contributed by atoms with Gasteiger partial charge >= 0.3 is 0 Å². The van der Waals surface area contributed by atoms with Crippen LogP contribution >= 0.6 is 0 Å². The van der Waals surface area contributed by atoms with Crippen LogP contribution < -0.4 is 10.9 Å². The SMILES string of the molecule is O=C(NNC(=O)C12CC3CC(CC(C3)C1)C2)C1[C@H]2CCCC[C@@H]12. The zero-order chi connectivity index (χ0) is 15.6. The van der Waals surface area contributed by atoms with Gasteiger partial charge in [0, 0.05) is 5.92 Å². The van der Waals surface area contributed by atoms with E-state index in [0.717, 1.165) is 37.0 Å². The van der Waals surface area contributed by atoms with Crippen LogP contribution in [0.25, 0.3) is 0 Å². The molecule has 4 heteroatoms. The predicted octanol–water partition coefficient (Wildman–Crippen LogP) is 2.79. The highest BCUT2D eigenvalue weighted by atomic mass is 16.2. The molecule has 0 aliphatic heterocycles. The number of amides is 2. The lowest BCUT2D eigenvalue weighted by molar-refractivity contribution is -0.149. The van der Waals surface area contributed by atoms with Gasteiger partial charge < -0.3 is 0 Å². The molecule has 0 spiro atoms. The second kappa shape index (κ2) is 4.97. The summed E-state index contributed by atoms with van der Waals surface area (Å²) >= 11 is 0. The molecule has 3 atom stereocenters. The molecule has 126 valence electrons. The average Bonchev–Trinajstić information content (AvgIpc) is 3.25. The third-order valence-corrected chi connectivity index (χ3v) is 7.78. The molecule has 6 aliphatic carbocycles. The lowest BCUT2D eigenvalue weighted by atomic mass is 9.49. The van der Waals surface area contributed by atoms with E-state index in [1.165, 1.54) is 44.9 Å². The molecule has 0 heterocycles. The summed E-state index contributed by atoms with van der Waals surface area (Å²) < 4.78 is 0. The van der Waals surface area contributed by atoms with E-state index in [2.05, 4.69) is 10.9 Å². The zero-order valence-corrected chi connectivity index (χ0v) is 13.9. The minimum atomic E-state index is -0.168. The molecule has 2 amide bonds. The summed E-state index contributed by atoms with van der Waals surface area (Å²) in [4.78, 5) is 25.2. The van der Waals surface area contributed by atoms with E-state index in [0.29, 0.717) is 11.8 Å². The first kappa shape index (κ1) is 14.3. The first-order valence-corrected chi connectivity index (χ1v) is 9.75. The number of nitrogens with one attached hydrogen (secondary N) is 2. The Labute approximate surface area is 138 Å². The van der Waals surface area contributed by atoms with Crippen LogP contribution in [0, 0.1) is 40.9 Å². The Hall–Kier alpha value is -1.06. The molecule has 6 aliphatic rings. The zero-order valence-electron chi connectivity index (χ0n) is 13.9. The molecule has 0 aromatic heterocycles. The summed E-state index contributed by atoms with van der Waals surface area (Å²) in [6, 6.07) is 0. The monoisotopic (exact) mass is 316 g/mol. The number of hydrogen-bond acceptors (Lipinski definition) is 2. The van der Waals surface area contributed by atoms with Gasteiger partial charge in [-0.2, -0.15) is 0 Å². The van der Waals surface area contributed by atoms with Crippen LogP contribution in [-0.4, -0.2) is 11.8 Å². The van der Waals surface area contributed by atoms with E-state index in [4.69, 9.17) is 0 Å². The van der Waals surface area contributed by atoms with E-state index in [-0.39, 0.29) is 23.1 Å². The normalized spacial score (nSPS) is 49.4. The molecule has 4 bridgehead atoms. The third kappa shape index (κ3) is 2.24. The van der Waals surface area contributed by atoms with Crippen LogP contribution in [0.15, 0.2) is 0 Å². The maximum atomic E-state index is 12.8. The lowest BCUT2D eigenvalue weighted by Gasteiger charge is -2.55. The van der Waals surface area contributed by atoms with Crippen molar-refractivity contribution in [2.45, 2.75) is 64.2 Å². The van der Waals surface area contributed by atoms with Crippen LogP contribution in [0.3, 0.4) is 0 Å². The molecule has 0 aromatic rings. The van der Waals surface area contributed by atoms with Crippen molar-refractivity contribution in [1.29, 1.82) is 0 Å². The van der Waals surface area contributed by atoms with Crippen molar-refractivity contribution in [2.24, 2.45) is 40.9 Å². The van der Waals surface area contributed by atoms with Crippen molar-refractivity contribution < 1.29 is 9.59 Å². The van der Waals surface area contributed by atoms with Gasteiger partial charge in [-0.15, -0.1) is 0 Å². The summed E-state index contributed by atoms with van der Waals surface area (Å²) in [6.07, 6.45) is 12.1. The largest absolute Gasteiger partial charge is 0.273 e. The maximum Gasteiger partial charge on any atom is 0.244 e. The molecular formula is C19H28N2O2. The van der Waals surface area contributed by atoms with Crippen molar-refractivity contribution in [2.75, 3.05) is 0 Å². The van der Waals surface area contributed by atoms with Crippen LogP contribution in [0.2, 0.25) is 0 Å². The number of rotatable bonds is 2. The number of carbonyl (C=O) groups excluding carboxylic acids is 2. The smallest absolute Gasteiger partial charge is 0.244 e. The lowest BCUT2D eigenvalue weighted by Crippen LogP contribution is -2.57. The van der Waals surface area contributed by atoms with Gasteiger partial charge in [-0.1, -0.05) is 12.8 Å². The van der Waals surface area contributed by atoms with Crippen molar-refractivity contribution in [3.05, 3.63) is 0 Å². The van der Waals surface area contributed by atoms with Crippen LogP contribution in [0.5, 0.6) is 0 Å². The van der Waals surface area contributed by atoms with E-state index in [1.807, 2.05) is 0 Å². The second-order valence-corrected chi connectivity index (χ2v) is 9.28. The fourth-order valence-electron chi connectivity index (χ4n) is 7.10. The molecule has 1 unspecified atom stereocenters. The van der Waals surface area contributed by atoms with Gasteiger partial charge in [-0.3, -0.25) is 20.4 Å². The Morgan fingerprint density at radius 2 is 1.30 bits per heavy atom. The summed E-state index contributed by atoms with van der Waals surface area (Å²) in [5, 5.41) is 0. The van der Waals surface area contributed by atoms with Crippen LogP contribution in [-0.2, 0) is 9.59 Å². The second-order valence-electron chi connectivity index (χ2n) is 9.28. The highest BCUT2D eigenvalue weighted by Gasteiger charge is 2.56. The first-order chi connectivity index (χ1) is 11.1. The van der Waals surface area contributed by atoms with Gasteiger partial charge in [0.15, 0.2) is 0 Å². The molecule has 4 nitrogen and oxygen atoms in total. The summed E-state index contributed by atoms with van der Waals surface area (Å²) in [5.41, 5.74) is 5.45. The quantitative estimate of drug-likeness (QED) is 0.770. The Bertz CT molecular complexity index is 496. The van der Waals surface area contributed by atoms with Crippen molar-refractivity contribution in [3.63, 3.8) is 0 Å². The van der Waals surface area contributed by atoms with E-state index in [9.17, 15) is 9.59 Å². The highest BCUT2D eigenvalue weighted by Crippen LogP contribution is 2.60. The van der Waals surface area contributed by atoms with Gasteiger partial charge in [0.05, 0.1) is 5.41 Å². The van der Waals surface area contributed by atoms with Crippen molar-refractivity contribution >= 4 is 11.8 Å². The van der Waals surface area contributed by atoms with E-state index in [1.54, 1.807) is 0 Å². The summed E-state index contributed by atoms with van der Waals surface area (Å²) in [6.45, 7) is 0. The fraction of sp³-hybridized carbons (Fsp3) is 0.895. The molecule has 23 heavy (non-hydrogen) atoms. The average molecular weight is 316 g/mol. The van der Waals surface area contributed by atoms with Crippen LogP contribution in [0.1, 0.15) is 64.2 Å². The standard InChI is InChI=1S/C19H28N2O2/c22-17(16-14-3-1-2-4-15(14)16)20-21-18(23)19-8-11-5-12(9-19)7-13(6-11)10-19/h11-16H,1-10H2,(H,20,22)(H,21,23)/t11?,12?,13?,14-,15+,16?,19?. The fourth-order valence-corrected chi connectivity index (χ4v) is 7.10. The van der Waals surface area contributed by atoms with Crippen molar-refractivity contribution in [3.8, 4) is 0 Å². The molecule has 2 N–H and O–H groups in total. The molecule has 6 fully saturated rings. The topological polar surface area (TPSA) is 58.2 Å². The van der Waals surface area contributed by atoms with Gasteiger partial charge in [-0.25, -0.2) is 0 Å². The predicted molar refractivity (Wildman–Crippen MR) is 85.8 cm³/mol. The van der Waals surface area contributed by atoms with E-state index >= 15 is 0 Å². The number of carbonyl (C=O) groups is 2. The number of hydrogen-bond donors (Lipinski definition) is 2. The van der Waals surface area contributed by atoms with E-state index < -0.39 is 0 Å². The molecule has 0 radical (unpaired) electrons. The third-order valence-electron chi connectivity index (χ3n) is 7.78. The van der Waals surface area contributed by atoms with Gasteiger partial charge in [-0.05, 0) is 81.0 Å². The molecule has 6 rings (SSSR count). The minimum absolute atomic E-state index is 0.0694. The Morgan fingerprint density at radius 1 is 0.783 bits per heavy atom. The van der Waals surface area contributed by atoms with Crippen molar-refractivity contribution in [1.82, 2.24) is 10.9 Å². The first-order valence-electron chi connectivity index (χ1n) is 9.75. The highest BCUT2D eigenvalue weighted by molar-refractivity contribution is 5.88. The molecular weight excluding hydrogens is 288 g/mol. The summed E-state index contributed by atoms with van der Waals surface area (Å²) in [7, 11) is 0. The number of fused-ring (bicyclic) bond motifs is 1.